The molecule has 1 aliphatic rings. The Labute approximate surface area is 151 Å². The number of aryl methyl sites for hydroxylation is 1. The van der Waals surface area contributed by atoms with E-state index in [1.807, 2.05) is 36.1 Å². The van der Waals surface area contributed by atoms with Gasteiger partial charge in [0, 0.05) is 23.0 Å². The number of carbonyl (C=O) groups excluding carboxylic acids is 1. The third kappa shape index (κ3) is 3.48. The molecule has 0 saturated heterocycles. The van der Waals surface area contributed by atoms with Crippen molar-refractivity contribution in [3.05, 3.63) is 45.7 Å². The molecule has 3 N–H and O–H groups in total. The topological polar surface area (TPSA) is 102 Å². The van der Waals surface area contributed by atoms with E-state index in [4.69, 9.17) is 5.11 Å². The van der Waals surface area contributed by atoms with E-state index >= 15 is 0 Å². The minimum atomic E-state index is -0.849. The van der Waals surface area contributed by atoms with Crippen LogP contribution in [0.25, 0.3) is 10.9 Å². The summed E-state index contributed by atoms with van der Waals surface area (Å²) in [6.45, 7) is 4.36. The van der Waals surface area contributed by atoms with E-state index in [1.165, 1.54) is 0 Å². The minimum absolute atomic E-state index is 0.00524. The van der Waals surface area contributed by atoms with E-state index in [1.54, 1.807) is 6.92 Å². The lowest BCUT2D eigenvalue weighted by molar-refractivity contribution is -0.139. The van der Waals surface area contributed by atoms with E-state index in [0.29, 0.717) is 30.5 Å². The Morgan fingerprint density at radius 2 is 2.00 bits per heavy atom. The van der Waals surface area contributed by atoms with Gasteiger partial charge in [-0.25, -0.2) is 0 Å². The first-order valence-corrected chi connectivity index (χ1v) is 8.79. The predicted molar refractivity (Wildman–Crippen MR) is 98.5 cm³/mol. The second-order valence-electron chi connectivity index (χ2n) is 6.75. The number of hydrogen-bond acceptors (Lipinski definition) is 4. The highest BCUT2D eigenvalue weighted by atomic mass is 16.4. The molecule has 0 spiro atoms. The number of para-hydroxylation sites is 1. The van der Waals surface area contributed by atoms with Crippen LogP contribution in [0.5, 0.6) is 0 Å². The van der Waals surface area contributed by atoms with Gasteiger partial charge < -0.3 is 15.4 Å². The highest BCUT2D eigenvalue weighted by Gasteiger charge is 2.35. The van der Waals surface area contributed by atoms with Crippen LogP contribution in [0.2, 0.25) is 0 Å². The van der Waals surface area contributed by atoms with Gasteiger partial charge in [-0.1, -0.05) is 25.1 Å². The molecule has 26 heavy (non-hydrogen) atoms. The summed E-state index contributed by atoms with van der Waals surface area (Å²) >= 11 is 0. The van der Waals surface area contributed by atoms with Crippen LogP contribution in [0.15, 0.2) is 29.1 Å². The van der Waals surface area contributed by atoms with Crippen molar-refractivity contribution in [2.75, 3.05) is 13.1 Å². The summed E-state index contributed by atoms with van der Waals surface area (Å²) in [5.41, 5.74) is 1.13. The number of pyridine rings is 1. The maximum atomic E-state index is 12.6. The molecule has 7 heteroatoms. The molecular weight excluding hydrogens is 334 g/mol. The molecule has 1 fully saturated rings. The van der Waals surface area contributed by atoms with E-state index in [0.717, 1.165) is 5.39 Å². The van der Waals surface area contributed by atoms with Crippen molar-refractivity contribution in [1.82, 2.24) is 15.2 Å². The molecule has 0 radical (unpaired) electrons. The Bertz CT molecular complexity index is 899. The van der Waals surface area contributed by atoms with Gasteiger partial charge in [-0.2, -0.15) is 0 Å². The quantitative estimate of drug-likeness (QED) is 0.727. The van der Waals surface area contributed by atoms with Crippen molar-refractivity contribution >= 4 is 22.8 Å². The predicted octanol–water partition coefficient (Wildman–Crippen LogP) is 1.50. The van der Waals surface area contributed by atoms with Gasteiger partial charge in [-0.15, -0.1) is 0 Å². The number of H-pyrrole nitrogens is 1. The zero-order valence-electron chi connectivity index (χ0n) is 14.9. The van der Waals surface area contributed by atoms with Crippen LogP contribution in [0.3, 0.4) is 0 Å². The molecule has 138 valence electrons. The molecule has 1 heterocycles. The summed E-state index contributed by atoms with van der Waals surface area (Å²) in [5, 5.41) is 12.7. The standard InChI is InChI=1S/C19H23N3O4/c1-3-22(10-16(23)24)13-8-12(9-13)20-18(25)17-11(2)14-6-4-5-7-15(14)21-19(17)26/h4-7,12-13H,3,8-10H2,1-2H3,(H,20,25)(H,21,26)(H,23,24). The smallest absolute Gasteiger partial charge is 0.317 e. The summed E-state index contributed by atoms with van der Waals surface area (Å²) in [5.74, 6) is -1.23. The number of amides is 1. The lowest BCUT2D eigenvalue weighted by Gasteiger charge is -2.42. The van der Waals surface area contributed by atoms with E-state index in [-0.39, 0.29) is 30.1 Å². The molecule has 2 aromatic rings. The Morgan fingerprint density at radius 3 is 2.65 bits per heavy atom. The lowest BCUT2D eigenvalue weighted by Crippen LogP contribution is -2.55. The fourth-order valence-electron chi connectivity index (χ4n) is 3.62. The van der Waals surface area contributed by atoms with Gasteiger partial charge in [0.2, 0.25) is 0 Å². The second-order valence-corrected chi connectivity index (χ2v) is 6.75. The molecule has 0 aliphatic heterocycles. The zero-order chi connectivity index (χ0) is 18.8. The van der Waals surface area contributed by atoms with Gasteiger partial charge in [0.1, 0.15) is 5.56 Å². The van der Waals surface area contributed by atoms with Crippen LogP contribution in [0, 0.1) is 6.92 Å². The molecule has 0 unspecified atom stereocenters. The molecule has 1 saturated carbocycles. The molecule has 1 aliphatic carbocycles. The lowest BCUT2D eigenvalue weighted by atomic mass is 9.85. The largest absolute Gasteiger partial charge is 0.480 e. The summed E-state index contributed by atoms with van der Waals surface area (Å²) < 4.78 is 0. The number of carbonyl (C=O) groups is 2. The maximum absolute atomic E-state index is 12.6. The number of fused-ring (bicyclic) bond motifs is 1. The first-order chi connectivity index (χ1) is 12.4. The molecule has 1 aromatic heterocycles. The second kappa shape index (κ2) is 7.29. The van der Waals surface area contributed by atoms with Crippen LogP contribution in [0.1, 0.15) is 35.7 Å². The number of nitrogens with one attached hydrogen (secondary N) is 2. The van der Waals surface area contributed by atoms with Crippen molar-refractivity contribution in [1.29, 1.82) is 0 Å². The summed E-state index contributed by atoms with van der Waals surface area (Å²) in [6.07, 6.45) is 1.38. The summed E-state index contributed by atoms with van der Waals surface area (Å²) in [7, 11) is 0. The van der Waals surface area contributed by atoms with Gasteiger partial charge in [-0.3, -0.25) is 19.3 Å². The highest BCUT2D eigenvalue weighted by molar-refractivity contribution is 6.00. The maximum Gasteiger partial charge on any atom is 0.317 e. The number of aromatic amines is 1. The normalized spacial score (nSPS) is 19.3. The number of benzene rings is 1. The van der Waals surface area contributed by atoms with E-state index < -0.39 is 11.5 Å². The number of carboxylic acids is 1. The number of carboxylic acid groups (broad SMARTS) is 1. The number of rotatable bonds is 6. The van der Waals surface area contributed by atoms with Crippen molar-refractivity contribution in [2.45, 2.75) is 38.8 Å². The number of aliphatic carboxylic acids is 1. The van der Waals surface area contributed by atoms with E-state index in [2.05, 4.69) is 10.3 Å². The average molecular weight is 357 g/mol. The number of hydrogen-bond donors (Lipinski definition) is 3. The van der Waals surface area contributed by atoms with Crippen molar-refractivity contribution in [2.24, 2.45) is 0 Å². The van der Waals surface area contributed by atoms with Crippen LogP contribution in [0.4, 0.5) is 0 Å². The molecule has 7 nitrogen and oxygen atoms in total. The fourth-order valence-corrected chi connectivity index (χ4v) is 3.62. The summed E-state index contributed by atoms with van der Waals surface area (Å²) in [6, 6.07) is 7.50. The molecular formula is C19H23N3O4. The van der Waals surface area contributed by atoms with Crippen LogP contribution < -0.4 is 10.9 Å². The van der Waals surface area contributed by atoms with Gasteiger partial charge in [0.05, 0.1) is 6.54 Å². The SMILES string of the molecule is CCN(CC(=O)O)C1CC(NC(=O)c2c(C)c3ccccc3[nH]c2=O)C1. The van der Waals surface area contributed by atoms with Crippen molar-refractivity contribution in [3.63, 3.8) is 0 Å². The third-order valence-corrected chi connectivity index (χ3v) is 5.12. The monoisotopic (exact) mass is 357 g/mol. The molecule has 1 amide bonds. The molecule has 1 aromatic carbocycles. The number of nitrogens with zero attached hydrogens (tertiary/aromatic N) is 1. The molecule has 0 atom stereocenters. The molecule has 0 bridgehead atoms. The van der Waals surface area contributed by atoms with E-state index in [9.17, 15) is 14.4 Å². The Morgan fingerprint density at radius 1 is 1.31 bits per heavy atom. The third-order valence-electron chi connectivity index (χ3n) is 5.12. The van der Waals surface area contributed by atoms with Crippen LogP contribution in [-0.2, 0) is 4.79 Å². The van der Waals surface area contributed by atoms with Gasteiger partial charge in [-0.05, 0) is 37.9 Å². The Hall–Kier alpha value is -2.67. The van der Waals surface area contributed by atoms with Gasteiger partial charge in [0.25, 0.3) is 11.5 Å². The Balaban J connectivity index is 1.70. The fraction of sp³-hybridized carbons (Fsp3) is 0.421. The van der Waals surface area contributed by atoms with Crippen molar-refractivity contribution in [3.8, 4) is 0 Å². The zero-order valence-corrected chi connectivity index (χ0v) is 14.9. The molecule has 3 rings (SSSR count). The number of aromatic nitrogens is 1. The minimum Gasteiger partial charge on any atom is -0.480 e. The number of likely N-dealkylation sites (N-methyl/N-ethyl adjacent to an activating group) is 1. The Kier molecular flexibility index (Phi) is 5.08. The average Bonchev–Trinajstić information content (AvgIpc) is 2.55. The first kappa shape index (κ1) is 18.1. The first-order valence-electron chi connectivity index (χ1n) is 8.79. The van der Waals surface area contributed by atoms with Gasteiger partial charge in [0.15, 0.2) is 0 Å². The van der Waals surface area contributed by atoms with Crippen LogP contribution >= 0.6 is 0 Å². The summed E-state index contributed by atoms with van der Waals surface area (Å²) in [4.78, 5) is 40.5. The van der Waals surface area contributed by atoms with Crippen LogP contribution in [-0.4, -0.2) is 52.0 Å². The van der Waals surface area contributed by atoms with Crippen molar-refractivity contribution < 1.29 is 14.7 Å². The van der Waals surface area contributed by atoms with Gasteiger partial charge >= 0.3 is 5.97 Å². The highest BCUT2D eigenvalue weighted by Crippen LogP contribution is 2.26.